The summed E-state index contributed by atoms with van der Waals surface area (Å²) < 4.78 is 27.2. The lowest BCUT2D eigenvalue weighted by atomic mass is 10.2. The van der Waals surface area contributed by atoms with E-state index in [1.807, 2.05) is 0 Å². The largest absolute Gasteiger partial charge is 0.480 e. The highest BCUT2D eigenvalue weighted by Gasteiger charge is 2.19. The van der Waals surface area contributed by atoms with Crippen LogP contribution in [0.5, 0.6) is 0 Å². The van der Waals surface area contributed by atoms with Crippen LogP contribution in [0.15, 0.2) is 34.1 Å². The van der Waals surface area contributed by atoms with Crippen LogP contribution in [0.4, 0.5) is 0 Å². The Labute approximate surface area is 124 Å². The molecule has 0 aromatic carbocycles. The SMILES string of the molecule is O=C(O)Cn1cc(S(=O)(=O)NCC(O)c2ccsc2)cn1. The van der Waals surface area contributed by atoms with Crippen LogP contribution < -0.4 is 4.72 Å². The maximum atomic E-state index is 12.0. The normalized spacial score (nSPS) is 13.2. The van der Waals surface area contributed by atoms with E-state index in [-0.39, 0.29) is 11.4 Å². The molecule has 0 spiro atoms. The highest BCUT2D eigenvalue weighted by Crippen LogP contribution is 2.16. The van der Waals surface area contributed by atoms with Crippen LogP contribution in [0.25, 0.3) is 0 Å². The average Bonchev–Trinajstić information content (AvgIpc) is 3.06. The van der Waals surface area contributed by atoms with Crippen molar-refractivity contribution < 1.29 is 23.4 Å². The molecule has 21 heavy (non-hydrogen) atoms. The first-order chi connectivity index (χ1) is 9.88. The number of aliphatic hydroxyl groups excluding tert-OH is 1. The molecular weight excluding hydrogens is 318 g/mol. The number of aliphatic hydroxyl groups is 1. The van der Waals surface area contributed by atoms with Crippen molar-refractivity contribution in [1.82, 2.24) is 14.5 Å². The highest BCUT2D eigenvalue weighted by molar-refractivity contribution is 7.89. The molecule has 2 aromatic rings. The maximum Gasteiger partial charge on any atom is 0.325 e. The van der Waals surface area contributed by atoms with Gasteiger partial charge in [-0.3, -0.25) is 9.48 Å². The van der Waals surface area contributed by atoms with Gasteiger partial charge in [0.2, 0.25) is 10.0 Å². The fourth-order valence-electron chi connectivity index (χ4n) is 1.56. The van der Waals surface area contributed by atoms with E-state index in [1.54, 1.807) is 16.8 Å². The van der Waals surface area contributed by atoms with Gasteiger partial charge in [0, 0.05) is 12.7 Å². The van der Waals surface area contributed by atoms with Crippen LogP contribution in [0.2, 0.25) is 0 Å². The molecule has 0 aliphatic heterocycles. The number of aromatic nitrogens is 2. The van der Waals surface area contributed by atoms with Crippen LogP contribution >= 0.6 is 11.3 Å². The number of nitrogens with zero attached hydrogens (tertiary/aromatic N) is 2. The van der Waals surface area contributed by atoms with Gasteiger partial charge in [-0.05, 0) is 22.4 Å². The fraction of sp³-hybridized carbons (Fsp3) is 0.273. The van der Waals surface area contributed by atoms with Crippen molar-refractivity contribution in [3.63, 3.8) is 0 Å². The van der Waals surface area contributed by atoms with E-state index in [1.165, 1.54) is 11.3 Å². The molecule has 0 amide bonds. The molecule has 2 heterocycles. The van der Waals surface area contributed by atoms with Crippen molar-refractivity contribution in [3.05, 3.63) is 34.8 Å². The summed E-state index contributed by atoms with van der Waals surface area (Å²) in [5.74, 6) is -1.12. The topological polar surface area (TPSA) is 122 Å². The number of nitrogens with one attached hydrogen (secondary N) is 1. The predicted octanol–water partition coefficient (Wildman–Crippen LogP) is 0.0411. The lowest BCUT2D eigenvalue weighted by Gasteiger charge is -2.10. The van der Waals surface area contributed by atoms with Gasteiger partial charge in [0.05, 0.1) is 12.3 Å². The summed E-state index contributed by atoms with van der Waals surface area (Å²) in [6, 6.07) is 1.70. The van der Waals surface area contributed by atoms with Crippen LogP contribution in [0.3, 0.4) is 0 Å². The van der Waals surface area contributed by atoms with Gasteiger partial charge in [0.1, 0.15) is 11.4 Å². The van der Waals surface area contributed by atoms with Gasteiger partial charge < -0.3 is 10.2 Å². The minimum Gasteiger partial charge on any atom is -0.480 e. The maximum absolute atomic E-state index is 12.0. The number of hydrogen-bond donors (Lipinski definition) is 3. The first kappa shape index (κ1) is 15.6. The van der Waals surface area contributed by atoms with Crippen molar-refractivity contribution >= 4 is 27.3 Å². The van der Waals surface area contributed by atoms with Crippen LogP contribution in [-0.2, 0) is 21.4 Å². The summed E-state index contributed by atoms with van der Waals surface area (Å²) in [7, 11) is -3.84. The molecule has 2 rings (SSSR count). The van der Waals surface area contributed by atoms with Crippen LogP contribution in [0, 0.1) is 0 Å². The van der Waals surface area contributed by atoms with Gasteiger partial charge in [-0.15, -0.1) is 0 Å². The monoisotopic (exact) mass is 331 g/mol. The quantitative estimate of drug-likeness (QED) is 0.658. The minimum absolute atomic E-state index is 0.152. The molecule has 3 N–H and O–H groups in total. The van der Waals surface area contributed by atoms with E-state index in [9.17, 15) is 18.3 Å². The number of carboxylic acids is 1. The molecule has 2 aromatic heterocycles. The first-order valence-corrected chi connectivity index (χ1v) is 8.25. The molecule has 1 atom stereocenters. The number of rotatable bonds is 7. The average molecular weight is 331 g/mol. The van der Waals surface area contributed by atoms with Crippen molar-refractivity contribution in [1.29, 1.82) is 0 Å². The van der Waals surface area contributed by atoms with E-state index in [0.29, 0.717) is 5.56 Å². The van der Waals surface area contributed by atoms with Crippen molar-refractivity contribution in [2.45, 2.75) is 17.5 Å². The summed E-state index contributed by atoms with van der Waals surface area (Å²) in [5.41, 5.74) is 0.629. The Morgan fingerprint density at radius 3 is 2.90 bits per heavy atom. The third-order valence-corrected chi connectivity index (χ3v) is 4.69. The Bertz CT molecular complexity index is 708. The van der Waals surface area contributed by atoms with Crippen LogP contribution in [-0.4, -0.2) is 40.9 Å². The van der Waals surface area contributed by atoms with Gasteiger partial charge in [0.25, 0.3) is 0 Å². The molecule has 8 nitrogen and oxygen atoms in total. The smallest absolute Gasteiger partial charge is 0.325 e. The van der Waals surface area contributed by atoms with E-state index in [4.69, 9.17) is 5.11 Å². The Kier molecular flexibility index (Phi) is 4.73. The van der Waals surface area contributed by atoms with Gasteiger partial charge in [-0.25, -0.2) is 13.1 Å². The predicted molar refractivity (Wildman–Crippen MR) is 74.3 cm³/mol. The lowest BCUT2D eigenvalue weighted by Crippen LogP contribution is -2.28. The van der Waals surface area contributed by atoms with E-state index >= 15 is 0 Å². The van der Waals surface area contributed by atoms with Gasteiger partial charge in [-0.2, -0.15) is 16.4 Å². The third kappa shape index (κ3) is 4.11. The number of sulfonamides is 1. The summed E-state index contributed by atoms with van der Waals surface area (Å²) in [5, 5.41) is 25.6. The second-order valence-corrected chi connectivity index (χ2v) is 6.74. The number of hydrogen-bond acceptors (Lipinski definition) is 6. The van der Waals surface area contributed by atoms with E-state index < -0.39 is 28.6 Å². The number of carboxylic acid groups (broad SMARTS) is 1. The molecule has 0 saturated heterocycles. The van der Waals surface area contributed by atoms with Gasteiger partial charge >= 0.3 is 5.97 Å². The molecule has 1 unspecified atom stereocenters. The second kappa shape index (κ2) is 6.35. The zero-order chi connectivity index (χ0) is 15.5. The summed E-state index contributed by atoms with van der Waals surface area (Å²) in [6.07, 6.45) is 1.23. The van der Waals surface area contributed by atoms with Crippen LogP contribution in [0.1, 0.15) is 11.7 Å². The summed E-state index contributed by atoms with van der Waals surface area (Å²) in [6.45, 7) is -0.601. The Balaban J connectivity index is 2.01. The Hall–Kier alpha value is -1.75. The van der Waals surface area contributed by atoms with Gasteiger partial charge in [-0.1, -0.05) is 0 Å². The molecule has 10 heteroatoms. The Morgan fingerprint density at radius 1 is 1.52 bits per heavy atom. The fourth-order valence-corrected chi connectivity index (χ4v) is 3.26. The van der Waals surface area contributed by atoms with E-state index in [2.05, 4.69) is 9.82 Å². The zero-order valence-corrected chi connectivity index (χ0v) is 12.3. The van der Waals surface area contributed by atoms with E-state index in [0.717, 1.165) is 17.1 Å². The standard InChI is InChI=1S/C11H13N3O5S2/c15-10(8-1-2-20-7-8)4-13-21(18,19)9-3-12-14(5-9)6-11(16)17/h1-3,5,7,10,13,15H,4,6H2,(H,16,17). The molecule has 0 bridgehead atoms. The molecule has 0 saturated carbocycles. The van der Waals surface area contributed by atoms with Crippen molar-refractivity contribution in [2.24, 2.45) is 0 Å². The first-order valence-electron chi connectivity index (χ1n) is 5.82. The molecule has 0 radical (unpaired) electrons. The summed E-state index contributed by atoms with van der Waals surface area (Å²) >= 11 is 1.40. The zero-order valence-electron chi connectivity index (χ0n) is 10.7. The molecule has 0 aliphatic rings. The minimum atomic E-state index is -3.84. The van der Waals surface area contributed by atoms with Crippen molar-refractivity contribution in [3.8, 4) is 0 Å². The number of carbonyl (C=O) groups is 1. The second-order valence-electron chi connectivity index (χ2n) is 4.19. The van der Waals surface area contributed by atoms with Crippen molar-refractivity contribution in [2.75, 3.05) is 6.54 Å². The number of thiophene rings is 1. The van der Waals surface area contributed by atoms with Gasteiger partial charge in [0.15, 0.2) is 0 Å². The molecule has 114 valence electrons. The Morgan fingerprint density at radius 2 is 2.29 bits per heavy atom. The molecule has 0 fully saturated rings. The summed E-state index contributed by atoms with van der Waals surface area (Å²) in [4.78, 5) is 10.4. The molecule has 0 aliphatic carbocycles. The molecular formula is C11H13N3O5S2. The highest BCUT2D eigenvalue weighted by atomic mass is 32.2. The third-order valence-electron chi connectivity index (χ3n) is 2.61. The number of aliphatic carboxylic acids is 1. The lowest BCUT2D eigenvalue weighted by molar-refractivity contribution is -0.137.